The van der Waals surface area contributed by atoms with Crippen molar-refractivity contribution in [1.29, 1.82) is 0 Å². The van der Waals surface area contributed by atoms with Crippen molar-refractivity contribution in [2.45, 2.75) is 19.4 Å². The van der Waals surface area contributed by atoms with Crippen LogP contribution in [0.15, 0.2) is 48.5 Å². The van der Waals surface area contributed by atoms with E-state index in [2.05, 4.69) is 0 Å². The monoisotopic (exact) mass is 368 g/mol. The Labute approximate surface area is 154 Å². The lowest BCUT2D eigenvalue weighted by atomic mass is 10.1. The van der Waals surface area contributed by atoms with Crippen LogP contribution in [0.2, 0.25) is 0 Å². The maximum atomic E-state index is 12.3. The Morgan fingerprint density at radius 2 is 1.74 bits per heavy atom. The smallest absolute Gasteiger partial charge is 0.308 e. The molecule has 1 heterocycles. The molecule has 1 aliphatic heterocycles. The van der Waals surface area contributed by atoms with Gasteiger partial charge in [0.05, 0.1) is 22.5 Å². The van der Waals surface area contributed by atoms with Crippen molar-refractivity contribution < 1.29 is 24.0 Å². The van der Waals surface area contributed by atoms with E-state index < -0.39 is 28.8 Å². The summed E-state index contributed by atoms with van der Waals surface area (Å²) in [4.78, 5) is 47.9. The van der Waals surface area contributed by atoms with Crippen molar-refractivity contribution in [3.63, 3.8) is 0 Å². The maximum Gasteiger partial charge on any atom is 0.308 e. The van der Waals surface area contributed by atoms with E-state index in [1.54, 1.807) is 37.3 Å². The van der Waals surface area contributed by atoms with E-state index in [9.17, 15) is 24.5 Å². The quantitative estimate of drug-likeness (QED) is 0.336. The molecule has 8 nitrogen and oxygen atoms in total. The first-order valence-corrected chi connectivity index (χ1v) is 8.27. The summed E-state index contributed by atoms with van der Waals surface area (Å²) in [5.74, 6) is -1.48. The first-order chi connectivity index (χ1) is 12.9. The minimum Gasteiger partial charge on any atom is -0.458 e. The van der Waals surface area contributed by atoms with Crippen LogP contribution in [0.1, 0.15) is 45.7 Å². The number of non-ortho nitro benzene ring substituents is 1. The molecule has 2 amide bonds. The van der Waals surface area contributed by atoms with Crippen molar-refractivity contribution in [3.05, 3.63) is 75.3 Å². The third-order valence-electron chi connectivity index (χ3n) is 4.28. The Kier molecular flexibility index (Phi) is 4.98. The predicted octanol–water partition coefficient (Wildman–Crippen LogP) is 2.89. The van der Waals surface area contributed by atoms with Crippen LogP contribution in [0, 0.1) is 10.1 Å². The van der Waals surface area contributed by atoms with Gasteiger partial charge >= 0.3 is 5.97 Å². The van der Waals surface area contributed by atoms with Gasteiger partial charge in [-0.05, 0) is 24.6 Å². The zero-order valence-electron chi connectivity index (χ0n) is 14.5. The van der Waals surface area contributed by atoms with Crippen LogP contribution in [0.25, 0.3) is 0 Å². The minimum absolute atomic E-state index is 0.0904. The summed E-state index contributed by atoms with van der Waals surface area (Å²) < 4.78 is 5.27. The zero-order valence-corrected chi connectivity index (χ0v) is 14.5. The van der Waals surface area contributed by atoms with Crippen LogP contribution in [-0.4, -0.2) is 34.2 Å². The number of imide groups is 1. The molecule has 0 N–H and O–H groups in total. The zero-order chi connectivity index (χ0) is 19.6. The molecule has 0 aromatic heterocycles. The molecule has 2 aromatic carbocycles. The van der Waals surface area contributed by atoms with Gasteiger partial charge in [0.25, 0.3) is 17.5 Å². The number of hydrogen-bond acceptors (Lipinski definition) is 6. The topological polar surface area (TPSA) is 107 Å². The van der Waals surface area contributed by atoms with Gasteiger partial charge in [0.2, 0.25) is 0 Å². The first kappa shape index (κ1) is 18.2. The Hall–Kier alpha value is -3.55. The van der Waals surface area contributed by atoms with Gasteiger partial charge in [-0.25, -0.2) is 0 Å². The van der Waals surface area contributed by atoms with Crippen molar-refractivity contribution in [3.8, 4) is 0 Å². The Morgan fingerprint density at radius 3 is 2.33 bits per heavy atom. The number of hydrogen-bond donors (Lipinski definition) is 0. The highest BCUT2D eigenvalue weighted by molar-refractivity contribution is 6.21. The number of esters is 1. The minimum atomic E-state index is -0.695. The van der Waals surface area contributed by atoms with Gasteiger partial charge in [0.15, 0.2) is 0 Å². The largest absolute Gasteiger partial charge is 0.458 e. The second-order valence-electron chi connectivity index (χ2n) is 6.04. The number of rotatable bonds is 6. The SMILES string of the molecule is C[C@@H](OC(=O)CCN1C(=O)c2ccccc2C1=O)c1cccc([N+](=O)[O-])c1. The number of nitrogens with zero attached hydrogens (tertiary/aromatic N) is 2. The number of carbonyl (C=O) groups is 3. The molecule has 0 unspecified atom stereocenters. The fourth-order valence-electron chi connectivity index (χ4n) is 2.86. The molecule has 0 fully saturated rings. The number of fused-ring (bicyclic) bond motifs is 1. The molecule has 138 valence electrons. The lowest BCUT2D eigenvalue weighted by molar-refractivity contribution is -0.385. The third kappa shape index (κ3) is 3.69. The molecule has 27 heavy (non-hydrogen) atoms. The van der Waals surface area contributed by atoms with Gasteiger partial charge in [0, 0.05) is 18.7 Å². The number of amides is 2. The summed E-state index contributed by atoms with van der Waals surface area (Å²) in [7, 11) is 0. The van der Waals surface area contributed by atoms with Gasteiger partial charge in [-0.2, -0.15) is 0 Å². The summed E-state index contributed by atoms with van der Waals surface area (Å²) in [6, 6.07) is 12.3. The Balaban J connectivity index is 1.59. The molecule has 1 aliphatic rings. The van der Waals surface area contributed by atoms with E-state index in [1.165, 1.54) is 18.2 Å². The molecule has 0 saturated carbocycles. The van der Waals surface area contributed by atoms with Crippen molar-refractivity contribution in [2.24, 2.45) is 0 Å². The number of ether oxygens (including phenoxy) is 1. The molecule has 0 bridgehead atoms. The highest BCUT2D eigenvalue weighted by atomic mass is 16.6. The lowest BCUT2D eigenvalue weighted by Crippen LogP contribution is -2.32. The highest BCUT2D eigenvalue weighted by Gasteiger charge is 2.35. The van der Waals surface area contributed by atoms with Crippen LogP contribution >= 0.6 is 0 Å². The Bertz CT molecular complexity index is 904. The third-order valence-corrected chi connectivity index (χ3v) is 4.28. The summed E-state index contributed by atoms with van der Waals surface area (Å²) in [5.41, 5.74) is 1.03. The van der Waals surface area contributed by atoms with Crippen molar-refractivity contribution in [2.75, 3.05) is 6.54 Å². The fraction of sp³-hybridized carbons (Fsp3) is 0.211. The molecular weight excluding hydrogens is 352 g/mol. The van der Waals surface area contributed by atoms with Gasteiger partial charge < -0.3 is 4.74 Å². The van der Waals surface area contributed by atoms with E-state index >= 15 is 0 Å². The first-order valence-electron chi connectivity index (χ1n) is 8.27. The fourth-order valence-corrected chi connectivity index (χ4v) is 2.86. The molecule has 0 radical (unpaired) electrons. The molecule has 3 rings (SSSR count). The van der Waals surface area contributed by atoms with Crippen LogP contribution in [-0.2, 0) is 9.53 Å². The highest BCUT2D eigenvalue weighted by Crippen LogP contribution is 2.24. The van der Waals surface area contributed by atoms with Crippen LogP contribution in [0.4, 0.5) is 5.69 Å². The number of nitro groups is 1. The average Bonchev–Trinajstić information content (AvgIpc) is 2.91. The average molecular weight is 368 g/mol. The van der Waals surface area contributed by atoms with Gasteiger partial charge in [-0.15, -0.1) is 0 Å². The van der Waals surface area contributed by atoms with Gasteiger partial charge in [-0.1, -0.05) is 24.3 Å². The molecular formula is C19H16N2O6. The summed E-state index contributed by atoms with van der Waals surface area (Å²) in [6.07, 6.45) is -0.857. The van der Waals surface area contributed by atoms with Gasteiger partial charge in [0.1, 0.15) is 6.10 Å². The van der Waals surface area contributed by atoms with Crippen LogP contribution in [0.3, 0.4) is 0 Å². The maximum absolute atomic E-state index is 12.3. The second-order valence-corrected chi connectivity index (χ2v) is 6.04. The van der Waals surface area contributed by atoms with Crippen molar-refractivity contribution >= 4 is 23.5 Å². The van der Waals surface area contributed by atoms with E-state index in [-0.39, 0.29) is 18.7 Å². The normalized spacial score (nSPS) is 14.0. The predicted molar refractivity (Wildman–Crippen MR) is 94.0 cm³/mol. The van der Waals surface area contributed by atoms with Crippen LogP contribution < -0.4 is 0 Å². The summed E-state index contributed by atoms with van der Waals surface area (Å²) in [6.45, 7) is 1.51. The number of carbonyl (C=O) groups excluding carboxylic acids is 3. The summed E-state index contributed by atoms with van der Waals surface area (Å²) >= 11 is 0. The standard InChI is InChI=1S/C19H16N2O6/c1-12(13-5-4-6-14(11-13)21(25)26)27-17(22)9-10-20-18(23)15-7-2-3-8-16(15)19(20)24/h2-8,11-12H,9-10H2,1H3/t12-/m1/s1. The molecule has 2 aromatic rings. The number of nitro benzene ring substituents is 1. The Morgan fingerprint density at radius 1 is 1.11 bits per heavy atom. The molecule has 0 spiro atoms. The number of benzene rings is 2. The van der Waals surface area contributed by atoms with Gasteiger partial charge in [-0.3, -0.25) is 29.4 Å². The van der Waals surface area contributed by atoms with E-state index in [0.29, 0.717) is 16.7 Å². The second kappa shape index (κ2) is 7.36. The van der Waals surface area contributed by atoms with E-state index in [1.807, 2.05) is 0 Å². The molecule has 0 saturated heterocycles. The molecule has 8 heteroatoms. The lowest BCUT2D eigenvalue weighted by Gasteiger charge is -2.16. The molecule has 1 atom stereocenters. The summed E-state index contributed by atoms with van der Waals surface area (Å²) in [5, 5.41) is 10.8. The van der Waals surface area contributed by atoms with E-state index in [0.717, 1.165) is 4.90 Å². The van der Waals surface area contributed by atoms with Crippen LogP contribution in [0.5, 0.6) is 0 Å². The molecule has 0 aliphatic carbocycles. The van der Waals surface area contributed by atoms with Crippen molar-refractivity contribution in [1.82, 2.24) is 4.90 Å². The van der Waals surface area contributed by atoms with E-state index in [4.69, 9.17) is 4.74 Å².